The smallest absolute Gasteiger partial charge is 0.258 e. The number of aryl methyl sites for hydroxylation is 1. The SMILES string of the molecule is CCOCCn1c(=NC(=O)CSCC(=O)N2CCCCCC2)sc2cc(C)ccc21. The molecule has 1 aliphatic heterocycles. The summed E-state index contributed by atoms with van der Waals surface area (Å²) in [5.41, 5.74) is 2.25. The van der Waals surface area contributed by atoms with Gasteiger partial charge in [0, 0.05) is 26.2 Å². The number of ether oxygens (including phenoxy) is 1. The summed E-state index contributed by atoms with van der Waals surface area (Å²) in [6, 6.07) is 6.27. The lowest BCUT2D eigenvalue weighted by Crippen LogP contribution is -2.33. The number of thioether (sulfide) groups is 1. The van der Waals surface area contributed by atoms with Crippen molar-refractivity contribution in [2.75, 3.05) is 37.8 Å². The van der Waals surface area contributed by atoms with Gasteiger partial charge in [-0.15, -0.1) is 11.8 Å². The van der Waals surface area contributed by atoms with Crippen LogP contribution in [0.5, 0.6) is 0 Å². The molecule has 1 aliphatic rings. The van der Waals surface area contributed by atoms with E-state index in [-0.39, 0.29) is 17.6 Å². The van der Waals surface area contributed by atoms with E-state index in [1.165, 1.54) is 41.5 Å². The van der Waals surface area contributed by atoms with Crippen LogP contribution in [0.15, 0.2) is 23.2 Å². The zero-order valence-electron chi connectivity index (χ0n) is 17.9. The molecule has 3 rings (SSSR count). The number of hydrogen-bond donors (Lipinski definition) is 0. The summed E-state index contributed by atoms with van der Waals surface area (Å²) in [4.78, 5) is 31.9. The number of nitrogens with zero attached hydrogens (tertiary/aromatic N) is 3. The number of aromatic nitrogens is 1. The Morgan fingerprint density at radius 2 is 1.93 bits per heavy atom. The molecule has 0 unspecified atom stereocenters. The van der Waals surface area contributed by atoms with E-state index >= 15 is 0 Å². The van der Waals surface area contributed by atoms with Crippen molar-refractivity contribution in [2.45, 2.75) is 46.1 Å². The maximum absolute atomic E-state index is 12.5. The summed E-state index contributed by atoms with van der Waals surface area (Å²) in [6.45, 7) is 7.62. The van der Waals surface area contributed by atoms with Gasteiger partial charge in [-0.3, -0.25) is 9.59 Å². The van der Waals surface area contributed by atoms with Crippen LogP contribution in [0.4, 0.5) is 0 Å². The summed E-state index contributed by atoms with van der Waals surface area (Å²) in [6.07, 6.45) is 4.56. The van der Waals surface area contributed by atoms with Gasteiger partial charge >= 0.3 is 0 Å². The van der Waals surface area contributed by atoms with Crippen LogP contribution in [-0.4, -0.2) is 59.1 Å². The predicted molar refractivity (Wildman–Crippen MR) is 124 cm³/mol. The monoisotopic (exact) mass is 449 g/mol. The van der Waals surface area contributed by atoms with Crippen LogP contribution in [0, 0.1) is 6.92 Å². The van der Waals surface area contributed by atoms with Crippen molar-refractivity contribution in [3.63, 3.8) is 0 Å². The first-order valence-electron chi connectivity index (χ1n) is 10.7. The Bertz CT molecular complexity index is 927. The zero-order chi connectivity index (χ0) is 21.3. The fourth-order valence-electron chi connectivity index (χ4n) is 3.56. The molecule has 0 spiro atoms. The number of likely N-dealkylation sites (tertiary alicyclic amines) is 1. The highest BCUT2D eigenvalue weighted by Crippen LogP contribution is 2.19. The Labute approximate surface area is 186 Å². The normalized spacial score (nSPS) is 15.5. The van der Waals surface area contributed by atoms with Crippen LogP contribution >= 0.6 is 23.1 Å². The molecule has 2 heterocycles. The van der Waals surface area contributed by atoms with Gasteiger partial charge in [0.05, 0.1) is 28.3 Å². The molecule has 8 heteroatoms. The summed E-state index contributed by atoms with van der Waals surface area (Å²) in [7, 11) is 0. The summed E-state index contributed by atoms with van der Waals surface area (Å²) in [5.74, 6) is 0.506. The summed E-state index contributed by atoms with van der Waals surface area (Å²) >= 11 is 2.89. The number of rotatable bonds is 8. The van der Waals surface area contributed by atoms with Crippen molar-refractivity contribution >= 4 is 45.1 Å². The van der Waals surface area contributed by atoms with Gasteiger partial charge in [-0.1, -0.05) is 30.2 Å². The van der Waals surface area contributed by atoms with Crippen LogP contribution in [0.25, 0.3) is 10.2 Å². The third kappa shape index (κ3) is 6.43. The van der Waals surface area contributed by atoms with Crippen LogP contribution in [0.1, 0.15) is 38.2 Å². The van der Waals surface area contributed by atoms with Crippen LogP contribution < -0.4 is 4.80 Å². The molecule has 0 aliphatic carbocycles. The van der Waals surface area contributed by atoms with E-state index in [9.17, 15) is 9.59 Å². The minimum Gasteiger partial charge on any atom is -0.380 e. The average Bonchev–Trinajstić information content (AvgIpc) is 2.89. The van der Waals surface area contributed by atoms with Crippen LogP contribution in [-0.2, 0) is 20.9 Å². The van der Waals surface area contributed by atoms with Crippen molar-refractivity contribution in [2.24, 2.45) is 4.99 Å². The number of hydrogen-bond acceptors (Lipinski definition) is 5. The lowest BCUT2D eigenvalue weighted by Gasteiger charge is -2.19. The lowest BCUT2D eigenvalue weighted by atomic mass is 10.2. The van der Waals surface area contributed by atoms with E-state index in [1.54, 1.807) is 0 Å². The van der Waals surface area contributed by atoms with Crippen molar-refractivity contribution in [3.8, 4) is 0 Å². The molecule has 2 aromatic rings. The molecule has 0 N–H and O–H groups in total. The second kappa shape index (κ2) is 11.7. The second-order valence-electron chi connectivity index (χ2n) is 7.50. The Morgan fingerprint density at radius 3 is 2.67 bits per heavy atom. The minimum absolute atomic E-state index is 0.138. The molecule has 2 amide bonds. The molecule has 0 atom stereocenters. The minimum atomic E-state index is -0.197. The Morgan fingerprint density at radius 1 is 1.17 bits per heavy atom. The molecule has 164 valence electrons. The van der Waals surface area contributed by atoms with Gasteiger partial charge in [0.1, 0.15) is 0 Å². The molecule has 0 bridgehead atoms. The maximum atomic E-state index is 12.5. The first kappa shape index (κ1) is 23.0. The quantitative estimate of drug-likeness (QED) is 0.578. The van der Waals surface area contributed by atoms with E-state index < -0.39 is 0 Å². The first-order chi connectivity index (χ1) is 14.6. The zero-order valence-corrected chi connectivity index (χ0v) is 19.5. The van der Waals surface area contributed by atoms with Gasteiger partial charge in [0.15, 0.2) is 4.80 Å². The van der Waals surface area contributed by atoms with E-state index in [0.29, 0.717) is 30.3 Å². The van der Waals surface area contributed by atoms with Crippen molar-refractivity contribution in [3.05, 3.63) is 28.6 Å². The molecule has 30 heavy (non-hydrogen) atoms. The molecule has 1 aromatic carbocycles. The van der Waals surface area contributed by atoms with Gasteiger partial charge < -0.3 is 14.2 Å². The third-order valence-corrected chi connectivity index (χ3v) is 7.08. The molecule has 0 radical (unpaired) electrons. The number of thiazole rings is 1. The number of benzene rings is 1. The van der Waals surface area contributed by atoms with E-state index in [1.807, 2.05) is 11.8 Å². The topological polar surface area (TPSA) is 63.9 Å². The highest BCUT2D eigenvalue weighted by atomic mass is 32.2. The maximum Gasteiger partial charge on any atom is 0.258 e. The number of carbonyl (C=O) groups excluding carboxylic acids is 2. The van der Waals surface area contributed by atoms with E-state index in [0.717, 1.165) is 36.1 Å². The number of fused-ring (bicyclic) bond motifs is 1. The predicted octanol–water partition coefficient (Wildman–Crippen LogP) is 3.61. The van der Waals surface area contributed by atoms with Crippen molar-refractivity contribution in [1.29, 1.82) is 0 Å². The largest absolute Gasteiger partial charge is 0.380 e. The van der Waals surface area contributed by atoms with Crippen LogP contribution in [0.2, 0.25) is 0 Å². The molecule has 1 fully saturated rings. The lowest BCUT2D eigenvalue weighted by molar-refractivity contribution is -0.128. The standard InChI is InChI=1S/C22H31N3O3S2/c1-3-28-13-12-25-18-9-8-17(2)14-19(18)30-22(25)23-20(26)15-29-16-21(27)24-10-6-4-5-7-11-24/h8-9,14H,3-7,10-13,15-16H2,1-2H3. The Hall–Kier alpha value is -1.64. The molecule has 1 aromatic heterocycles. The van der Waals surface area contributed by atoms with Gasteiger partial charge in [0.25, 0.3) is 5.91 Å². The first-order valence-corrected chi connectivity index (χ1v) is 12.7. The summed E-state index contributed by atoms with van der Waals surface area (Å²) < 4.78 is 8.68. The van der Waals surface area contributed by atoms with E-state index in [4.69, 9.17) is 4.74 Å². The average molecular weight is 450 g/mol. The van der Waals surface area contributed by atoms with Crippen LogP contribution in [0.3, 0.4) is 0 Å². The summed E-state index contributed by atoms with van der Waals surface area (Å²) in [5, 5.41) is 0. The van der Waals surface area contributed by atoms with E-state index in [2.05, 4.69) is 34.7 Å². The Kier molecular flexibility index (Phi) is 8.96. The Balaban J connectivity index is 1.65. The van der Waals surface area contributed by atoms with Gasteiger partial charge in [0.2, 0.25) is 5.91 Å². The highest BCUT2D eigenvalue weighted by Gasteiger charge is 2.16. The molecule has 6 nitrogen and oxygen atoms in total. The highest BCUT2D eigenvalue weighted by molar-refractivity contribution is 8.00. The van der Waals surface area contributed by atoms with Gasteiger partial charge in [-0.2, -0.15) is 4.99 Å². The number of amides is 2. The molecular weight excluding hydrogens is 418 g/mol. The third-order valence-electron chi connectivity index (χ3n) is 5.13. The number of carbonyl (C=O) groups is 2. The molecular formula is C22H31N3O3S2. The molecule has 0 saturated carbocycles. The fourth-order valence-corrected chi connectivity index (χ4v) is 5.43. The fraction of sp³-hybridized carbons (Fsp3) is 0.591. The second-order valence-corrected chi connectivity index (χ2v) is 9.49. The molecule has 1 saturated heterocycles. The van der Waals surface area contributed by atoms with Crippen molar-refractivity contribution in [1.82, 2.24) is 9.47 Å². The van der Waals surface area contributed by atoms with Gasteiger partial charge in [-0.25, -0.2) is 0 Å². The van der Waals surface area contributed by atoms with Crippen molar-refractivity contribution < 1.29 is 14.3 Å². The van der Waals surface area contributed by atoms with Gasteiger partial charge in [-0.05, 0) is 44.4 Å².